The van der Waals surface area contributed by atoms with E-state index >= 15 is 0 Å². The molecule has 2 heterocycles. The second-order valence-corrected chi connectivity index (χ2v) is 5.96. The summed E-state index contributed by atoms with van der Waals surface area (Å²) in [6.45, 7) is 2.20. The van der Waals surface area contributed by atoms with E-state index in [-0.39, 0.29) is 0 Å². The zero-order valence-corrected chi connectivity index (χ0v) is 12.3. The summed E-state index contributed by atoms with van der Waals surface area (Å²) in [4.78, 5) is 2.70. The average Bonchev–Trinajstić information content (AvgIpc) is 2.96. The fraction of sp³-hybridized carbons (Fsp3) is 0.231. The van der Waals surface area contributed by atoms with E-state index in [1.54, 1.807) is 11.3 Å². The van der Waals surface area contributed by atoms with Crippen LogP contribution in [0.1, 0.15) is 18.2 Å². The molecule has 0 fully saturated rings. The van der Waals surface area contributed by atoms with Gasteiger partial charge in [0.1, 0.15) is 0 Å². The molecule has 2 aromatic rings. The number of halogens is 1. The Morgan fingerprint density at radius 2 is 2.31 bits per heavy atom. The van der Waals surface area contributed by atoms with Gasteiger partial charge >= 0.3 is 0 Å². The van der Waals surface area contributed by atoms with Gasteiger partial charge in [-0.25, -0.2) is 0 Å². The van der Waals surface area contributed by atoms with Crippen LogP contribution in [0.15, 0.2) is 34.5 Å². The predicted octanol–water partition coefficient (Wildman–Crippen LogP) is 5.66. The van der Waals surface area contributed by atoms with Crippen LogP contribution in [0.2, 0.25) is 0 Å². The Hall–Kier alpha value is -0.380. The van der Waals surface area contributed by atoms with Gasteiger partial charge < -0.3 is 0 Å². The molecule has 3 heteroatoms. The van der Waals surface area contributed by atoms with Crippen molar-refractivity contribution in [2.24, 2.45) is 0 Å². The number of hydrogen-bond acceptors (Lipinski definition) is 2. The third-order valence-corrected chi connectivity index (χ3v) is 4.92. The lowest BCUT2D eigenvalue weighted by Crippen LogP contribution is -1.79. The number of thiophene rings is 2. The summed E-state index contributed by atoms with van der Waals surface area (Å²) in [6, 6.07) is 6.55. The predicted molar refractivity (Wildman–Crippen MR) is 79.7 cm³/mol. The minimum absolute atomic E-state index is 0.968. The second-order valence-electron chi connectivity index (χ2n) is 3.50. The molecular formula is C13H13BrS2. The van der Waals surface area contributed by atoms with E-state index in [0.29, 0.717) is 0 Å². The number of rotatable bonds is 4. The lowest BCUT2D eigenvalue weighted by atomic mass is 10.2. The molecule has 0 aliphatic carbocycles. The summed E-state index contributed by atoms with van der Waals surface area (Å²) in [5.41, 5.74) is 2.79. The molecule has 0 spiro atoms. The highest BCUT2D eigenvalue weighted by molar-refractivity contribution is 9.09. The minimum atomic E-state index is 0.968. The van der Waals surface area contributed by atoms with E-state index < -0.39 is 0 Å². The van der Waals surface area contributed by atoms with E-state index in [1.165, 1.54) is 20.9 Å². The molecule has 0 unspecified atom stereocenters. The molecule has 0 amide bonds. The highest BCUT2D eigenvalue weighted by Crippen LogP contribution is 2.30. The van der Waals surface area contributed by atoms with Crippen LogP contribution in [0.5, 0.6) is 0 Å². The van der Waals surface area contributed by atoms with Crippen LogP contribution in [-0.4, -0.2) is 5.33 Å². The fourth-order valence-electron chi connectivity index (χ4n) is 1.44. The van der Waals surface area contributed by atoms with Crippen LogP contribution in [0.4, 0.5) is 0 Å². The van der Waals surface area contributed by atoms with Gasteiger partial charge in [-0.1, -0.05) is 34.5 Å². The highest BCUT2D eigenvalue weighted by Gasteiger charge is 2.02. The van der Waals surface area contributed by atoms with Gasteiger partial charge in [0.15, 0.2) is 0 Å². The zero-order valence-electron chi connectivity index (χ0n) is 9.07. The summed E-state index contributed by atoms with van der Waals surface area (Å²) in [6.07, 6.45) is 3.40. The molecule has 0 saturated carbocycles. The zero-order chi connectivity index (χ0) is 11.4. The van der Waals surface area contributed by atoms with E-state index in [1.807, 2.05) is 11.3 Å². The maximum atomic E-state index is 3.52. The Bertz CT molecular complexity index is 460. The van der Waals surface area contributed by atoms with Gasteiger partial charge in [0, 0.05) is 20.6 Å². The van der Waals surface area contributed by atoms with Crippen molar-refractivity contribution in [1.29, 1.82) is 0 Å². The Labute approximate surface area is 113 Å². The van der Waals surface area contributed by atoms with Gasteiger partial charge in [-0.05, 0) is 35.4 Å². The molecule has 2 aromatic heterocycles. The first-order valence-electron chi connectivity index (χ1n) is 5.21. The molecule has 0 aliphatic heterocycles. The molecule has 84 valence electrons. The van der Waals surface area contributed by atoms with Gasteiger partial charge in [0.05, 0.1) is 0 Å². The molecule has 0 atom stereocenters. The van der Waals surface area contributed by atoms with Crippen molar-refractivity contribution in [1.82, 2.24) is 0 Å². The van der Waals surface area contributed by atoms with Crippen LogP contribution in [0, 0.1) is 0 Å². The second kappa shape index (κ2) is 5.80. The average molecular weight is 313 g/mol. The van der Waals surface area contributed by atoms with Crippen LogP contribution in [0.3, 0.4) is 0 Å². The van der Waals surface area contributed by atoms with Crippen molar-refractivity contribution in [3.8, 4) is 10.4 Å². The summed E-state index contributed by atoms with van der Waals surface area (Å²) in [5.74, 6) is 0. The van der Waals surface area contributed by atoms with E-state index in [2.05, 4.69) is 57.9 Å². The summed E-state index contributed by atoms with van der Waals surface area (Å²) in [7, 11) is 0. The number of hydrogen-bond donors (Lipinski definition) is 0. The molecular weight excluding hydrogens is 300 g/mol. The lowest BCUT2D eigenvalue weighted by molar-refractivity contribution is 1.13. The van der Waals surface area contributed by atoms with Crippen LogP contribution >= 0.6 is 38.6 Å². The monoisotopic (exact) mass is 312 g/mol. The fourth-order valence-corrected chi connectivity index (χ4v) is 3.67. The Kier molecular flexibility index (Phi) is 4.38. The van der Waals surface area contributed by atoms with Crippen LogP contribution in [-0.2, 0) is 0 Å². The largest absolute Gasteiger partial charge is 0.144 e. The Balaban J connectivity index is 2.23. The van der Waals surface area contributed by atoms with E-state index in [9.17, 15) is 0 Å². The summed E-state index contributed by atoms with van der Waals surface area (Å²) >= 11 is 7.13. The SMILES string of the molecule is CCC(=Cc1cc(-c2cccs2)cs1)CBr. The van der Waals surface area contributed by atoms with Crippen molar-refractivity contribution in [2.45, 2.75) is 13.3 Å². The normalized spacial score (nSPS) is 12.0. The van der Waals surface area contributed by atoms with Crippen molar-refractivity contribution < 1.29 is 0 Å². The van der Waals surface area contributed by atoms with Crippen molar-refractivity contribution >= 4 is 44.7 Å². The first-order chi connectivity index (χ1) is 7.83. The maximum absolute atomic E-state index is 3.52. The van der Waals surface area contributed by atoms with Gasteiger partial charge in [0.25, 0.3) is 0 Å². The lowest BCUT2D eigenvalue weighted by Gasteiger charge is -1.96. The third-order valence-electron chi connectivity index (χ3n) is 2.40. The quantitative estimate of drug-likeness (QED) is 0.638. The molecule has 0 nitrogen and oxygen atoms in total. The number of alkyl halides is 1. The number of allylic oxidation sites excluding steroid dienone is 1. The standard InChI is InChI=1S/C13H13BrS2/c1-2-10(8-14)6-12-7-11(9-16-12)13-4-3-5-15-13/h3-7,9H,2,8H2,1H3. The molecule has 0 bridgehead atoms. The summed E-state index contributed by atoms with van der Waals surface area (Å²) < 4.78 is 0. The van der Waals surface area contributed by atoms with E-state index in [4.69, 9.17) is 0 Å². The molecule has 2 rings (SSSR count). The molecule has 0 aliphatic rings. The molecule has 16 heavy (non-hydrogen) atoms. The van der Waals surface area contributed by atoms with Gasteiger partial charge in [-0.15, -0.1) is 22.7 Å². The topological polar surface area (TPSA) is 0 Å². The Morgan fingerprint density at radius 3 is 2.94 bits per heavy atom. The molecule has 0 saturated heterocycles. The van der Waals surface area contributed by atoms with Crippen molar-refractivity contribution in [3.63, 3.8) is 0 Å². The Morgan fingerprint density at radius 1 is 1.44 bits per heavy atom. The van der Waals surface area contributed by atoms with E-state index in [0.717, 1.165) is 11.8 Å². The molecule has 0 radical (unpaired) electrons. The smallest absolute Gasteiger partial charge is 0.0351 e. The first-order valence-corrected chi connectivity index (χ1v) is 8.09. The van der Waals surface area contributed by atoms with Gasteiger partial charge in [-0.3, -0.25) is 0 Å². The summed E-state index contributed by atoms with van der Waals surface area (Å²) in [5, 5.41) is 5.33. The van der Waals surface area contributed by atoms with Crippen LogP contribution in [0.25, 0.3) is 16.5 Å². The molecule has 0 aromatic carbocycles. The van der Waals surface area contributed by atoms with Crippen molar-refractivity contribution in [2.75, 3.05) is 5.33 Å². The first kappa shape index (κ1) is 12.1. The van der Waals surface area contributed by atoms with Gasteiger partial charge in [0.2, 0.25) is 0 Å². The third kappa shape index (κ3) is 2.84. The van der Waals surface area contributed by atoms with Crippen molar-refractivity contribution in [3.05, 3.63) is 39.4 Å². The minimum Gasteiger partial charge on any atom is -0.144 e. The van der Waals surface area contributed by atoms with Gasteiger partial charge in [-0.2, -0.15) is 0 Å². The van der Waals surface area contributed by atoms with Crippen LogP contribution < -0.4 is 0 Å². The highest BCUT2D eigenvalue weighted by atomic mass is 79.9. The maximum Gasteiger partial charge on any atom is 0.0351 e. The molecule has 0 N–H and O–H groups in total.